The van der Waals surface area contributed by atoms with Crippen molar-refractivity contribution in [3.63, 3.8) is 0 Å². The number of piperidine rings is 1. The summed E-state index contributed by atoms with van der Waals surface area (Å²) < 4.78 is 25.1. The van der Waals surface area contributed by atoms with Crippen LogP contribution in [0, 0.1) is 17.3 Å². The van der Waals surface area contributed by atoms with E-state index in [4.69, 9.17) is 9.47 Å². The summed E-state index contributed by atoms with van der Waals surface area (Å²) in [6.45, 7) is 1.93. The van der Waals surface area contributed by atoms with Gasteiger partial charge in [0.25, 0.3) is 0 Å². The SMILES string of the molecule is COc1ccc2c(c1)[C@]13CCN(CCF)[C@H](C2)[C@]12CCC1C3[C@@H](CN1C(=O)Oc1ccccc1)C2. The molecule has 35 heavy (non-hydrogen) atoms. The van der Waals surface area contributed by atoms with E-state index in [9.17, 15) is 9.18 Å². The van der Waals surface area contributed by atoms with E-state index < -0.39 is 0 Å². The van der Waals surface area contributed by atoms with Gasteiger partial charge in [-0.2, -0.15) is 0 Å². The number of carbonyl (C=O) groups excluding carboxylic acids is 1. The van der Waals surface area contributed by atoms with Gasteiger partial charge in [-0.05, 0) is 91.3 Å². The number of hydrogen-bond donors (Lipinski definition) is 0. The Bertz CT molecular complexity index is 1160. The van der Waals surface area contributed by atoms with E-state index in [0.717, 1.165) is 50.9 Å². The van der Waals surface area contributed by atoms with Crippen molar-refractivity contribution in [1.82, 2.24) is 9.80 Å². The first-order valence-corrected chi connectivity index (χ1v) is 13.1. The van der Waals surface area contributed by atoms with Gasteiger partial charge in [0.2, 0.25) is 0 Å². The zero-order chi connectivity index (χ0) is 23.8. The van der Waals surface area contributed by atoms with Crippen LogP contribution in [0.15, 0.2) is 48.5 Å². The number of amides is 1. The van der Waals surface area contributed by atoms with Gasteiger partial charge in [0.15, 0.2) is 0 Å². The summed E-state index contributed by atoms with van der Waals surface area (Å²) in [4.78, 5) is 17.9. The second-order valence-electron chi connectivity index (χ2n) is 11.3. The quantitative estimate of drug-likeness (QED) is 0.634. The van der Waals surface area contributed by atoms with Gasteiger partial charge in [-0.1, -0.05) is 24.3 Å². The zero-order valence-electron chi connectivity index (χ0n) is 20.3. The lowest BCUT2D eigenvalue weighted by Gasteiger charge is -2.66. The number of carbonyl (C=O) groups is 1. The number of hydrogen-bond acceptors (Lipinski definition) is 4. The molecule has 5 nitrogen and oxygen atoms in total. The maximum Gasteiger partial charge on any atom is 0.415 e. The smallest absolute Gasteiger partial charge is 0.415 e. The molecule has 2 aromatic carbocycles. The maximum atomic E-state index is 13.6. The third-order valence-electron chi connectivity index (χ3n) is 10.4. The number of fused-ring (bicyclic) bond motifs is 1. The highest BCUT2D eigenvalue weighted by atomic mass is 19.1. The molecule has 4 fully saturated rings. The predicted octanol–water partition coefficient (Wildman–Crippen LogP) is 4.83. The van der Waals surface area contributed by atoms with Gasteiger partial charge < -0.3 is 14.4 Å². The molecule has 7 rings (SSSR count). The van der Waals surface area contributed by atoms with Crippen LogP contribution in [0.25, 0.3) is 0 Å². The van der Waals surface area contributed by atoms with E-state index in [-0.39, 0.29) is 29.6 Å². The molecule has 184 valence electrons. The van der Waals surface area contributed by atoms with Crippen molar-refractivity contribution in [2.75, 3.05) is 33.4 Å². The van der Waals surface area contributed by atoms with Crippen molar-refractivity contribution in [2.45, 2.75) is 49.6 Å². The monoisotopic (exact) mass is 476 g/mol. The van der Waals surface area contributed by atoms with E-state index in [1.165, 1.54) is 11.1 Å². The predicted molar refractivity (Wildman–Crippen MR) is 131 cm³/mol. The third kappa shape index (κ3) is 2.75. The summed E-state index contributed by atoms with van der Waals surface area (Å²) in [6, 6.07) is 16.6. The number of likely N-dealkylation sites (tertiary alicyclic amines) is 2. The largest absolute Gasteiger partial charge is 0.497 e. The van der Waals surface area contributed by atoms with Gasteiger partial charge in [0.05, 0.1) is 7.11 Å². The first kappa shape index (κ1) is 21.7. The Hall–Kier alpha value is -2.60. The van der Waals surface area contributed by atoms with Crippen molar-refractivity contribution in [1.29, 1.82) is 0 Å². The first-order chi connectivity index (χ1) is 17.1. The van der Waals surface area contributed by atoms with Gasteiger partial charge in [0, 0.05) is 30.6 Å². The Morgan fingerprint density at radius 1 is 1.14 bits per heavy atom. The van der Waals surface area contributed by atoms with E-state index in [2.05, 4.69) is 23.1 Å². The van der Waals surface area contributed by atoms with Crippen molar-refractivity contribution in [3.8, 4) is 11.5 Å². The lowest BCUT2D eigenvalue weighted by molar-refractivity contribution is -0.102. The number of rotatable bonds is 4. The molecule has 6 heteroatoms. The third-order valence-corrected chi connectivity index (χ3v) is 10.4. The number of alkyl halides is 1. The fourth-order valence-corrected chi connectivity index (χ4v) is 9.45. The Balaban J connectivity index is 1.31. The lowest BCUT2D eigenvalue weighted by Crippen LogP contribution is -2.70. The number of benzene rings is 2. The molecule has 2 saturated carbocycles. The number of para-hydroxylation sites is 1. The Morgan fingerprint density at radius 2 is 2.00 bits per heavy atom. The van der Waals surface area contributed by atoms with Crippen LogP contribution >= 0.6 is 0 Å². The minimum atomic E-state index is -0.288. The van der Waals surface area contributed by atoms with Crippen molar-refractivity contribution >= 4 is 6.09 Å². The van der Waals surface area contributed by atoms with Gasteiger partial charge in [-0.25, -0.2) is 9.18 Å². The van der Waals surface area contributed by atoms with E-state index in [0.29, 0.717) is 30.2 Å². The normalized spacial score (nSPS) is 36.5. The summed E-state index contributed by atoms with van der Waals surface area (Å²) in [6.07, 6.45) is 5.02. The fraction of sp³-hybridized carbons (Fsp3) is 0.552. The van der Waals surface area contributed by atoms with Crippen LogP contribution in [0.2, 0.25) is 0 Å². The van der Waals surface area contributed by atoms with Crippen molar-refractivity contribution in [2.24, 2.45) is 17.3 Å². The van der Waals surface area contributed by atoms with Crippen LogP contribution in [-0.2, 0) is 11.8 Å². The van der Waals surface area contributed by atoms with E-state index in [1.54, 1.807) is 7.11 Å². The van der Waals surface area contributed by atoms with Gasteiger partial charge in [0.1, 0.15) is 18.2 Å². The zero-order valence-corrected chi connectivity index (χ0v) is 20.3. The molecular weight excluding hydrogens is 443 g/mol. The molecule has 4 bridgehead atoms. The minimum absolute atomic E-state index is 0.0158. The molecule has 2 aliphatic heterocycles. The molecular formula is C29H33FN2O3. The highest BCUT2D eigenvalue weighted by molar-refractivity contribution is 5.72. The number of halogens is 1. The second kappa shape index (κ2) is 7.70. The van der Waals surface area contributed by atoms with Crippen LogP contribution in [0.4, 0.5) is 9.18 Å². The molecule has 0 spiro atoms. The average Bonchev–Trinajstić information content (AvgIpc) is 3.33. The van der Waals surface area contributed by atoms with Crippen LogP contribution in [0.1, 0.15) is 36.8 Å². The second-order valence-corrected chi connectivity index (χ2v) is 11.3. The standard InChI is InChI=1S/C29H33FN2O3/c1-34-22-8-7-19-15-25-28-10-9-24-26(29(28,23(19)16-22)11-13-31(25)14-12-30)20(17-28)18-32(24)27(33)35-21-5-3-2-4-6-21/h2-8,16,20,24-26H,9-15,17-18H2,1H3/t20-,24?,25-,26?,28-,29+/m1/s1. The minimum Gasteiger partial charge on any atom is -0.497 e. The topological polar surface area (TPSA) is 42.0 Å². The molecule has 0 radical (unpaired) electrons. The molecule has 3 aliphatic carbocycles. The number of methoxy groups -OCH3 is 1. The molecule has 6 atom stereocenters. The number of nitrogens with zero attached hydrogens (tertiary/aromatic N) is 2. The summed E-state index contributed by atoms with van der Waals surface area (Å²) in [5.74, 6) is 2.39. The molecule has 2 aromatic rings. The van der Waals surface area contributed by atoms with Crippen LogP contribution in [0.3, 0.4) is 0 Å². The summed E-state index contributed by atoms with van der Waals surface area (Å²) in [5.41, 5.74) is 3.01. The van der Waals surface area contributed by atoms with Crippen molar-refractivity contribution < 1.29 is 18.7 Å². The maximum absolute atomic E-state index is 13.6. The highest BCUT2D eigenvalue weighted by Crippen LogP contribution is 2.75. The Labute approximate surface area is 206 Å². The van der Waals surface area contributed by atoms with Gasteiger partial charge in [-0.15, -0.1) is 0 Å². The van der Waals surface area contributed by atoms with E-state index in [1.807, 2.05) is 35.2 Å². The molecule has 0 aromatic heterocycles. The Kier molecular flexibility index (Phi) is 4.76. The molecule has 1 amide bonds. The highest BCUT2D eigenvalue weighted by Gasteiger charge is 2.76. The van der Waals surface area contributed by atoms with Gasteiger partial charge in [-0.3, -0.25) is 4.90 Å². The summed E-state index contributed by atoms with van der Waals surface area (Å²) in [5, 5.41) is 0. The van der Waals surface area contributed by atoms with Crippen LogP contribution in [-0.4, -0.2) is 61.4 Å². The molecule has 2 heterocycles. The van der Waals surface area contributed by atoms with E-state index >= 15 is 0 Å². The summed E-state index contributed by atoms with van der Waals surface area (Å²) >= 11 is 0. The summed E-state index contributed by atoms with van der Waals surface area (Å²) in [7, 11) is 1.74. The first-order valence-electron chi connectivity index (χ1n) is 13.1. The molecule has 2 saturated heterocycles. The van der Waals surface area contributed by atoms with Crippen LogP contribution < -0.4 is 9.47 Å². The molecule has 5 aliphatic rings. The Morgan fingerprint density at radius 3 is 2.80 bits per heavy atom. The van der Waals surface area contributed by atoms with Crippen LogP contribution in [0.5, 0.6) is 11.5 Å². The lowest BCUT2D eigenvalue weighted by atomic mass is 9.43. The average molecular weight is 477 g/mol. The molecule has 2 unspecified atom stereocenters. The molecule has 0 N–H and O–H groups in total. The van der Waals surface area contributed by atoms with Crippen molar-refractivity contribution in [3.05, 3.63) is 59.7 Å². The fourth-order valence-electron chi connectivity index (χ4n) is 9.45. The number of ether oxygens (including phenoxy) is 2. The van der Waals surface area contributed by atoms with Gasteiger partial charge >= 0.3 is 6.09 Å².